The van der Waals surface area contributed by atoms with E-state index in [4.69, 9.17) is 9.47 Å². The van der Waals surface area contributed by atoms with E-state index < -0.39 is 73.6 Å². The Morgan fingerprint density at radius 3 is 2.16 bits per heavy atom. The average molecular weight is 627 g/mol. The second kappa shape index (κ2) is 15.2. The maximum Gasteiger partial charge on any atom is 0.364 e. The van der Waals surface area contributed by atoms with E-state index in [2.05, 4.69) is 10.6 Å². The Balaban J connectivity index is 1.42. The molecule has 45 heavy (non-hydrogen) atoms. The van der Waals surface area contributed by atoms with Crippen molar-refractivity contribution in [2.75, 3.05) is 13.2 Å². The number of aliphatic hydroxyl groups is 4. The highest BCUT2D eigenvalue weighted by atomic mass is 19.1. The van der Waals surface area contributed by atoms with Crippen LogP contribution >= 0.6 is 0 Å². The van der Waals surface area contributed by atoms with Gasteiger partial charge in [-0.2, -0.15) is 0 Å². The molecule has 0 spiro atoms. The highest BCUT2D eigenvalue weighted by Gasteiger charge is 2.55. The third-order valence-electron chi connectivity index (χ3n) is 7.42. The fourth-order valence-corrected chi connectivity index (χ4v) is 4.98. The van der Waals surface area contributed by atoms with E-state index in [0.29, 0.717) is 11.1 Å². The molecule has 1 fully saturated rings. The van der Waals surface area contributed by atoms with Crippen LogP contribution in [0.1, 0.15) is 17.5 Å². The van der Waals surface area contributed by atoms with E-state index in [-0.39, 0.29) is 18.8 Å². The van der Waals surface area contributed by atoms with E-state index in [1.165, 1.54) is 12.1 Å². The lowest BCUT2D eigenvalue weighted by Gasteiger charge is -2.46. The predicted molar refractivity (Wildman–Crippen MR) is 157 cm³/mol. The van der Waals surface area contributed by atoms with Crippen LogP contribution in [-0.2, 0) is 36.9 Å². The number of hydrogen-bond donors (Lipinski definition) is 7. The Morgan fingerprint density at radius 1 is 0.933 bits per heavy atom. The Hall–Kier alpha value is -4.24. The molecule has 0 radical (unpaired) electrons. The minimum atomic E-state index is -2.47. The molecule has 4 rings (SSSR count). The van der Waals surface area contributed by atoms with Crippen LogP contribution in [0.15, 0.2) is 78.9 Å². The number of carboxylic acids is 1. The molecule has 0 aromatic heterocycles. The quantitative estimate of drug-likeness (QED) is 0.140. The van der Waals surface area contributed by atoms with Crippen LogP contribution < -0.4 is 10.6 Å². The van der Waals surface area contributed by atoms with Crippen molar-refractivity contribution in [3.63, 3.8) is 0 Å². The number of hydrogen-bond acceptors (Lipinski definition) is 9. The van der Waals surface area contributed by atoms with Gasteiger partial charge in [0.15, 0.2) is 0 Å². The van der Waals surface area contributed by atoms with Crippen molar-refractivity contribution in [1.82, 2.24) is 10.6 Å². The van der Waals surface area contributed by atoms with Crippen LogP contribution in [0.2, 0.25) is 0 Å². The molecule has 12 nitrogen and oxygen atoms in total. The van der Waals surface area contributed by atoms with Crippen LogP contribution in [0.25, 0.3) is 11.1 Å². The summed E-state index contributed by atoms with van der Waals surface area (Å²) in [5.74, 6) is -5.88. The smallest absolute Gasteiger partial charge is 0.364 e. The topological polar surface area (TPSA) is 195 Å². The Kier molecular flexibility index (Phi) is 11.3. The molecular formula is C32H35FN2O10. The summed E-state index contributed by atoms with van der Waals surface area (Å²) in [6, 6.07) is 20.0. The lowest BCUT2D eigenvalue weighted by molar-refractivity contribution is -0.314. The van der Waals surface area contributed by atoms with Crippen LogP contribution in [0.4, 0.5) is 4.39 Å². The molecule has 1 aliphatic heterocycles. The number of carbonyl (C=O) groups excluding carboxylic acids is 2. The number of carbonyl (C=O) groups is 3. The largest absolute Gasteiger partial charge is 0.477 e. The van der Waals surface area contributed by atoms with Crippen molar-refractivity contribution in [3.05, 3.63) is 95.8 Å². The summed E-state index contributed by atoms with van der Waals surface area (Å²) in [6.45, 7) is -1.70. The molecule has 1 aliphatic rings. The molecule has 1 heterocycles. The van der Waals surface area contributed by atoms with E-state index in [1.807, 2.05) is 0 Å². The molecule has 3 aromatic rings. The summed E-state index contributed by atoms with van der Waals surface area (Å²) in [4.78, 5) is 37.0. The van der Waals surface area contributed by atoms with Gasteiger partial charge in [0, 0.05) is 13.0 Å². The van der Waals surface area contributed by atoms with Crippen molar-refractivity contribution in [1.29, 1.82) is 0 Å². The SMILES string of the molecule is O=C(Cc1ccc(-c2ccc(F)cc2)cc1)NC[C@@H](O)[C@@H](O)[C@@H]1O[C@@](OCc2ccccc2)(C(=O)O)C[C@H](O)[C@H]1NC(=O)CO. The van der Waals surface area contributed by atoms with Crippen LogP contribution in [0, 0.1) is 5.82 Å². The normalized spacial score (nSPS) is 22.6. The number of ether oxygens (including phenoxy) is 2. The second-order valence-corrected chi connectivity index (χ2v) is 10.7. The lowest BCUT2D eigenvalue weighted by Crippen LogP contribution is -2.68. The van der Waals surface area contributed by atoms with Crippen molar-refractivity contribution >= 4 is 17.8 Å². The second-order valence-electron chi connectivity index (χ2n) is 10.7. The summed E-state index contributed by atoms with van der Waals surface area (Å²) in [6.07, 6.45) is -7.77. The minimum absolute atomic E-state index is 0.0736. The van der Waals surface area contributed by atoms with Gasteiger partial charge in [0.25, 0.3) is 5.79 Å². The first-order valence-corrected chi connectivity index (χ1v) is 14.2. The molecule has 1 saturated heterocycles. The summed E-state index contributed by atoms with van der Waals surface area (Å²) < 4.78 is 24.5. The standard InChI is InChI=1S/C32H35FN2O10/c33-23-12-10-22(11-13-23)21-8-6-19(7-9-21)14-26(39)34-16-25(38)29(41)30-28(35-27(40)17-36)24(37)15-32(45-30,31(42)43)44-18-20-4-2-1-3-5-20/h1-13,24-25,28-30,36-38,41H,14-18H2,(H,34,39)(H,35,40)(H,42,43)/t24-,25+,28+,29+,30+,32+/m0/s1. The van der Waals surface area contributed by atoms with E-state index >= 15 is 0 Å². The molecule has 0 saturated carbocycles. The first-order valence-electron chi connectivity index (χ1n) is 14.2. The molecule has 0 bridgehead atoms. The Labute approximate surface area is 258 Å². The van der Waals surface area contributed by atoms with Gasteiger partial charge in [0.05, 0.1) is 31.3 Å². The molecular weight excluding hydrogens is 591 g/mol. The monoisotopic (exact) mass is 626 g/mol. The number of carboxylic acid groups (broad SMARTS) is 1. The molecule has 13 heteroatoms. The fraction of sp³-hybridized carbons (Fsp3) is 0.344. The number of nitrogens with one attached hydrogen (secondary N) is 2. The van der Waals surface area contributed by atoms with Gasteiger partial charge in [0.1, 0.15) is 24.6 Å². The zero-order valence-electron chi connectivity index (χ0n) is 24.1. The Morgan fingerprint density at radius 2 is 1.56 bits per heavy atom. The molecule has 3 aromatic carbocycles. The molecule has 240 valence electrons. The van der Waals surface area contributed by atoms with E-state index in [1.54, 1.807) is 66.7 Å². The first-order chi connectivity index (χ1) is 21.5. The first kappa shape index (κ1) is 33.6. The maximum atomic E-state index is 13.2. The van der Waals surface area contributed by atoms with Crippen molar-refractivity contribution in [2.45, 2.75) is 55.7 Å². The van der Waals surface area contributed by atoms with Gasteiger partial charge in [-0.05, 0) is 34.4 Å². The van der Waals surface area contributed by atoms with Gasteiger partial charge < -0.3 is 45.6 Å². The lowest BCUT2D eigenvalue weighted by atomic mass is 9.88. The van der Waals surface area contributed by atoms with Gasteiger partial charge in [-0.3, -0.25) is 9.59 Å². The summed E-state index contributed by atoms with van der Waals surface area (Å²) in [5, 5.41) is 56.7. The zero-order chi connectivity index (χ0) is 32.6. The predicted octanol–water partition coefficient (Wildman–Crippen LogP) is 0.498. The van der Waals surface area contributed by atoms with Crippen LogP contribution in [0.3, 0.4) is 0 Å². The highest BCUT2D eigenvalue weighted by Crippen LogP contribution is 2.34. The number of aliphatic carboxylic acids is 1. The number of halogens is 1. The highest BCUT2D eigenvalue weighted by molar-refractivity contribution is 5.79. The minimum Gasteiger partial charge on any atom is -0.477 e. The van der Waals surface area contributed by atoms with Gasteiger partial charge in [-0.25, -0.2) is 9.18 Å². The molecule has 6 atom stereocenters. The van der Waals surface area contributed by atoms with E-state index in [0.717, 1.165) is 11.1 Å². The third-order valence-corrected chi connectivity index (χ3v) is 7.42. The van der Waals surface area contributed by atoms with E-state index in [9.17, 15) is 44.3 Å². The van der Waals surface area contributed by atoms with Crippen molar-refractivity contribution in [2.24, 2.45) is 0 Å². The third kappa shape index (κ3) is 8.69. The van der Waals surface area contributed by atoms with Crippen LogP contribution in [0.5, 0.6) is 0 Å². The number of rotatable bonds is 13. The fourth-order valence-electron chi connectivity index (χ4n) is 4.98. The van der Waals surface area contributed by atoms with Crippen molar-refractivity contribution in [3.8, 4) is 11.1 Å². The summed E-state index contributed by atoms with van der Waals surface area (Å²) in [7, 11) is 0. The van der Waals surface area contributed by atoms with Gasteiger partial charge in [-0.15, -0.1) is 0 Å². The van der Waals surface area contributed by atoms with Crippen LogP contribution in [-0.4, -0.2) is 92.7 Å². The number of aliphatic hydroxyl groups excluding tert-OH is 4. The average Bonchev–Trinajstić information content (AvgIpc) is 3.04. The number of amides is 2. The zero-order valence-corrected chi connectivity index (χ0v) is 24.1. The Bertz CT molecular complexity index is 1440. The van der Waals surface area contributed by atoms with Gasteiger partial charge in [-0.1, -0.05) is 66.7 Å². The molecule has 0 aliphatic carbocycles. The molecule has 2 amide bonds. The van der Waals surface area contributed by atoms with Crippen molar-refractivity contribution < 1.29 is 53.8 Å². The molecule has 0 unspecified atom stereocenters. The maximum absolute atomic E-state index is 13.2. The van der Waals surface area contributed by atoms with Gasteiger partial charge in [0.2, 0.25) is 11.8 Å². The molecule has 7 N–H and O–H groups in total. The van der Waals surface area contributed by atoms with Gasteiger partial charge >= 0.3 is 5.97 Å². The number of benzene rings is 3. The summed E-state index contributed by atoms with van der Waals surface area (Å²) >= 11 is 0. The summed E-state index contributed by atoms with van der Waals surface area (Å²) in [5.41, 5.74) is 2.85.